The molecule has 13 heavy (non-hydrogen) atoms. The largest absolute Gasteiger partial charge is 0.393 e. The summed E-state index contributed by atoms with van der Waals surface area (Å²) in [6, 6.07) is 0. The molecule has 0 heterocycles. The van der Waals surface area contributed by atoms with Crippen LogP contribution in [0.2, 0.25) is 0 Å². The molecule has 0 bridgehead atoms. The maximum atomic E-state index is 9.67. The van der Waals surface area contributed by atoms with Gasteiger partial charge in [0.15, 0.2) is 0 Å². The van der Waals surface area contributed by atoms with E-state index in [1.165, 1.54) is 0 Å². The van der Waals surface area contributed by atoms with Crippen LogP contribution in [0.1, 0.15) is 34.1 Å². The normalized spacial score (nSPS) is 17.0. The molecule has 0 aromatic carbocycles. The van der Waals surface area contributed by atoms with Crippen molar-refractivity contribution in [1.29, 1.82) is 0 Å². The maximum Gasteiger partial charge on any atom is 0.0589 e. The number of aliphatic hydroxyl groups excluding tert-OH is 1. The van der Waals surface area contributed by atoms with Crippen molar-refractivity contribution >= 4 is 0 Å². The third-order valence-corrected chi connectivity index (χ3v) is 2.28. The van der Waals surface area contributed by atoms with Crippen LogP contribution < -0.4 is 0 Å². The van der Waals surface area contributed by atoms with Gasteiger partial charge in [0.2, 0.25) is 0 Å². The van der Waals surface area contributed by atoms with Crippen molar-refractivity contribution < 1.29 is 26.2 Å². The van der Waals surface area contributed by atoms with E-state index in [0.717, 1.165) is 6.42 Å². The molecule has 0 aliphatic rings. The molecule has 0 spiro atoms. The van der Waals surface area contributed by atoms with Gasteiger partial charge in [0, 0.05) is 27.0 Å². The van der Waals surface area contributed by atoms with Crippen LogP contribution in [0.4, 0.5) is 0 Å². The van der Waals surface area contributed by atoms with Gasteiger partial charge in [-0.05, 0) is 18.3 Å². The van der Waals surface area contributed by atoms with Crippen molar-refractivity contribution in [2.24, 2.45) is 17.8 Å². The Morgan fingerprint density at radius 1 is 1.23 bits per heavy atom. The third kappa shape index (κ3) is 6.30. The monoisotopic (exact) mass is 352 g/mol. The van der Waals surface area contributed by atoms with E-state index in [1.54, 1.807) is 0 Å². The summed E-state index contributed by atoms with van der Waals surface area (Å²) in [5, 5.41) is 9.67. The Kier molecular flexibility index (Phi) is 9.16. The molecule has 0 aromatic rings. The fraction of sp³-hybridized carbons (Fsp3) is 0.818. The second kappa shape index (κ2) is 7.60. The van der Waals surface area contributed by atoms with E-state index >= 15 is 0 Å². The van der Waals surface area contributed by atoms with E-state index in [0.29, 0.717) is 11.8 Å². The fourth-order valence-electron chi connectivity index (χ4n) is 1.42. The predicted molar refractivity (Wildman–Crippen MR) is 52.6 cm³/mol. The van der Waals surface area contributed by atoms with E-state index in [-0.39, 0.29) is 33.1 Å². The molecule has 0 saturated heterocycles. The number of hydrogen-bond acceptors (Lipinski definition) is 1. The first kappa shape index (κ1) is 15.7. The van der Waals surface area contributed by atoms with Gasteiger partial charge in [0.25, 0.3) is 0 Å². The van der Waals surface area contributed by atoms with Crippen LogP contribution in [0.3, 0.4) is 0 Å². The van der Waals surface area contributed by atoms with Crippen molar-refractivity contribution in [2.45, 2.75) is 40.2 Å². The van der Waals surface area contributed by atoms with E-state index in [1.807, 2.05) is 20.8 Å². The molecule has 1 N–H and O–H groups in total. The molecule has 76 valence electrons. The SMILES string of the molecule is C#CC(C)C[C@@H](C)[C@@H](O)C(C)C.[W]. The zero-order valence-electron chi connectivity index (χ0n) is 8.95. The van der Waals surface area contributed by atoms with Crippen LogP contribution >= 0.6 is 0 Å². The molecule has 0 aliphatic heterocycles. The van der Waals surface area contributed by atoms with Gasteiger partial charge in [-0.2, -0.15) is 0 Å². The molecular weight excluding hydrogens is 332 g/mol. The summed E-state index contributed by atoms with van der Waals surface area (Å²) in [4.78, 5) is 0. The molecule has 1 nitrogen and oxygen atoms in total. The van der Waals surface area contributed by atoms with Crippen LogP contribution in [0, 0.1) is 30.1 Å². The second-order valence-electron chi connectivity index (χ2n) is 4.02. The van der Waals surface area contributed by atoms with Crippen LogP contribution in [-0.2, 0) is 21.1 Å². The van der Waals surface area contributed by atoms with Crippen molar-refractivity contribution in [2.75, 3.05) is 0 Å². The topological polar surface area (TPSA) is 20.2 Å². The van der Waals surface area contributed by atoms with E-state index in [9.17, 15) is 5.11 Å². The fourth-order valence-corrected chi connectivity index (χ4v) is 1.42. The smallest absolute Gasteiger partial charge is 0.0589 e. The van der Waals surface area contributed by atoms with Crippen molar-refractivity contribution in [3.63, 3.8) is 0 Å². The molecule has 0 amide bonds. The first-order valence-corrected chi connectivity index (χ1v) is 4.63. The summed E-state index contributed by atoms with van der Waals surface area (Å²) < 4.78 is 0. The van der Waals surface area contributed by atoms with Crippen LogP contribution in [0.15, 0.2) is 0 Å². The Balaban J connectivity index is 0. The Bertz CT molecular complexity index is 160. The average Bonchev–Trinajstić information content (AvgIpc) is 2.02. The van der Waals surface area contributed by atoms with Gasteiger partial charge < -0.3 is 5.11 Å². The average molecular weight is 352 g/mol. The molecule has 2 heteroatoms. The maximum absolute atomic E-state index is 9.67. The van der Waals surface area contributed by atoms with Gasteiger partial charge in [-0.1, -0.05) is 27.7 Å². The second-order valence-corrected chi connectivity index (χ2v) is 4.02. The van der Waals surface area contributed by atoms with E-state index in [2.05, 4.69) is 12.8 Å². The molecule has 0 saturated carbocycles. The van der Waals surface area contributed by atoms with Gasteiger partial charge >= 0.3 is 0 Å². The minimum absolute atomic E-state index is 0. The molecule has 0 fully saturated rings. The minimum atomic E-state index is -0.221. The predicted octanol–water partition coefficient (Wildman–Crippen LogP) is 2.30. The zero-order valence-corrected chi connectivity index (χ0v) is 11.9. The molecule has 0 aromatic heterocycles. The summed E-state index contributed by atoms with van der Waals surface area (Å²) in [7, 11) is 0. The van der Waals surface area contributed by atoms with Crippen molar-refractivity contribution in [1.82, 2.24) is 0 Å². The molecule has 0 rings (SSSR count). The summed E-state index contributed by atoms with van der Waals surface area (Å²) in [6.45, 7) is 8.13. The first-order valence-electron chi connectivity index (χ1n) is 4.63. The quantitative estimate of drug-likeness (QED) is 0.770. The van der Waals surface area contributed by atoms with Gasteiger partial charge in [0.05, 0.1) is 6.10 Å². The number of aliphatic hydroxyl groups is 1. The van der Waals surface area contributed by atoms with Crippen molar-refractivity contribution in [3.8, 4) is 12.3 Å². The van der Waals surface area contributed by atoms with Gasteiger partial charge in [0.1, 0.15) is 0 Å². The minimum Gasteiger partial charge on any atom is -0.393 e. The van der Waals surface area contributed by atoms with Crippen LogP contribution in [0.5, 0.6) is 0 Å². The zero-order chi connectivity index (χ0) is 9.72. The summed E-state index contributed by atoms with van der Waals surface area (Å²) in [5.74, 6) is 3.58. The Morgan fingerprint density at radius 3 is 2.00 bits per heavy atom. The van der Waals surface area contributed by atoms with Crippen molar-refractivity contribution in [3.05, 3.63) is 0 Å². The number of hydrogen-bond donors (Lipinski definition) is 1. The molecule has 3 atom stereocenters. The first-order chi connectivity index (χ1) is 5.49. The molecule has 0 aliphatic carbocycles. The van der Waals surface area contributed by atoms with Crippen LogP contribution in [0.25, 0.3) is 0 Å². The molecule has 1 unspecified atom stereocenters. The van der Waals surface area contributed by atoms with E-state index in [4.69, 9.17) is 6.42 Å². The van der Waals surface area contributed by atoms with Gasteiger partial charge in [-0.15, -0.1) is 12.3 Å². The Morgan fingerprint density at radius 2 is 1.69 bits per heavy atom. The standard InChI is InChI=1S/C11H20O.W/c1-6-9(4)7-10(5)11(12)8(2)3;/h1,8-12H,7H2,2-5H3;/t9?,10-,11+;/m1./s1. The van der Waals surface area contributed by atoms with Gasteiger partial charge in [-0.3, -0.25) is 0 Å². The molecular formula is C11H20OW. The van der Waals surface area contributed by atoms with Crippen LogP contribution in [-0.4, -0.2) is 11.2 Å². The Labute approximate surface area is 96.6 Å². The van der Waals surface area contributed by atoms with Gasteiger partial charge in [-0.25, -0.2) is 0 Å². The third-order valence-electron chi connectivity index (χ3n) is 2.28. The van der Waals surface area contributed by atoms with E-state index < -0.39 is 0 Å². The number of rotatable bonds is 4. The summed E-state index contributed by atoms with van der Waals surface area (Å²) in [6.07, 6.45) is 5.96. The summed E-state index contributed by atoms with van der Waals surface area (Å²) >= 11 is 0. The Hall–Kier alpha value is 0.208. The number of terminal acetylenes is 1. The summed E-state index contributed by atoms with van der Waals surface area (Å²) in [5.41, 5.74) is 0. The molecule has 0 radical (unpaired) electrons.